The quantitative estimate of drug-likeness (QED) is 0.129. The second kappa shape index (κ2) is 14.1. The second-order valence-corrected chi connectivity index (χ2v) is 10.1. The van der Waals surface area contributed by atoms with E-state index < -0.39 is 0 Å². The molecule has 0 aliphatic carbocycles. The molecule has 0 spiro atoms. The molecule has 0 aliphatic heterocycles. The van der Waals surface area contributed by atoms with Crippen molar-refractivity contribution >= 4 is 22.0 Å². The summed E-state index contributed by atoms with van der Waals surface area (Å²) < 4.78 is 45.9. The van der Waals surface area contributed by atoms with Crippen molar-refractivity contribution in [1.29, 1.82) is 0 Å². The van der Waals surface area contributed by atoms with Crippen LogP contribution in [0.15, 0.2) is 57.7 Å². The van der Waals surface area contributed by atoms with Gasteiger partial charge in [-0.25, -0.2) is 9.97 Å². The summed E-state index contributed by atoms with van der Waals surface area (Å²) in [5, 5.41) is 0.241. The third kappa shape index (κ3) is 6.52. The number of aromatic nitrogens is 2. The molecule has 0 N–H and O–H groups in total. The fraction of sp³-hybridized carbons (Fsp3) is 0.324. The van der Waals surface area contributed by atoms with Gasteiger partial charge in [-0.3, -0.25) is 4.79 Å². The number of benzene rings is 3. The first kappa shape index (κ1) is 31.2. The number of fused-ring (bicyclic) bond motifs is 2. The largest absolute Gasteiger partial charge is 0.496 e. The van der Waals surface area contributed by atoms with Crippen LogP contribution >= 0.6 is 0 Å². The van der Waals surface area contributed by atoms with Crippen molar-refractivity contribution in [2.45, 2.75) is 26.2 Å². The van der Waals surface area contributed by atoms with E-state index in [2.05, 4.69) is 9.97 Å². The first-order chi connectivity index (χ1) is 21.9. The lowest BCUT2D eigenvalue weighted by atomic mass is 10.1. The van der Waals surface area contributed by atoms with Crippen molar-refractivity contribution in [2.24, 2.45) is 0 Å². The molecule has 5 rings (SSSR count). The molecule has 0 fully saturated rings. The van der Waals surface area contributed by atoms with Crippen molar-refractivity contribution in [1.82, 2.24) is 9.97 Å². The lowest BCUT2D eigenvalue weighted by Gasteiger charge is -2.17. The number of hydrogen-bond donors (Lipinski definition) is 0. The fourth-order valence-electron chi connectivity index (χ4n) is 4.99. The summed E-state index contributed by atoms with van der Waals surface area (Å²) in [6.07, 6.45) is 2.22. The highest BCUT2D eigenvalue weighted by atomic mass is 16.5. The molecule has 11 heteroatoms. The average Bonchev–Trinajstić information content (AvgIpc) is 3.07. The van der Waals surface area contributed by atoms with Gasteiger partial charge in [-0.1, -0.05) is 12.1 Å². The summed E-state index contributed by atoms with van der Waals surface area (Å²) in [5.41, 5.74) is 2.76. The molecule has 3 aromatic carbocycles. The highest BCUT2D eigenvalue weighted by Gasteiger charge is 2.24. The molecule has 0 saturated carbocycles. The summed E-state index contributed by atoms with van der Waals surface area (Å²) in [6.45, 7) is 2.62. The van der Waals surface area contributed by atoms with E-state index in [0.717, 1.165) is 29.6 Å². The predicted molar refractivity (Wildman–Crippen MR) is 170 cm³/mol. The topological polar surface area (TPSA) is 121 Å². The summed E-state index contributed by atoms with van der Waals surface area (Å²) >= 11 is 0. The van der Waals surface area contributed by atoms with E-state index in [4.69, 9.17) is 37.6 Å². The zero-order valence-corrected chi connectivity index (χ0v) is 26.2. The maximum absolute atomic E-state index is 14.0. The molecule has 11 nitrogen and oxygen atoms in total. The fourth-order valence-corrected chi connectivity index (χ4v) is 4.99. The van der Waals surface area contributed by atoms with Crippen LogP contribution in [0.5, 0.6) is 40.4 Å². The lowest BCUT2D eigenvalue weighted by Crippen LogP contribution is -2.12. The van der Waals surface area contributed by atoms with Gasteiger partial charge in [0.05, 0.1) is 59.8 Å². The molecule has 0 atom stereocenters. The minimum absolute atomic E-state index is 0.0403. The molecular formula is C34H36N2O9. The molecule has 45 heavy (non-hydrogen) atoms. The standard InChI is InChI=1S/C34H36N2O9/c1-20-34(36-24-13-9-8-12-23(24)35-20)44-15-11-7-10-14-43-33-30(37)29-25(39-3)18-22(38-2)19-26(29)45-31(33)21-16-27(40-4)32(42-6)28(17-21)41-5/h8-9,12-13,16-19H,7,10-11,14-15H2,1-6H3. The normalized spacial score (nSPS) is 11.0. The maximum atomic E-state index is 14.0. The van der Waals surface area contributed by atoms with Gasteiger partial charge in [-0.2, -0.15) is 0 Å². The molecule has 0 aliphatic rings. The van der Waals surface area contributed by atoms with E-state index in [1.165, 1.54) is 35.5 Å². The Balaban J connectivity index is 1.37. The molecule has 0 saturated heterocycles. The molecule has 2 aromatic heterocycles. The Morgan fingerprint density at radius 3 is 1.96 bits per heavy atom. The molecule has 0 unspecified atom stereocenters. The zero-order chi connectivity index (χ0) is 31.9. The van der Waals surface area contributed by atoms with E-state index in [-0.39, 0.29) is 34.5 Å². The van der Waals surface area contributed by atoms with E-state index in [1.807, 2.05) is 31.2 Å². The Morgan fingerprint density at radius 2 is 1.33 bits per heavy atom. The third-order valence-electron chi connectivity index (χ3n) is 7.25. The molecule has 5 aromatic rings. The Kier molecular flexibility index (Phi) is 9.76. The van der Waals surface area contributed by atoms with Gasteiger partial charge in [0.25, 0.3) is 0 Å². The van der Waals surface area contributed by atoms with Crippen LogP contribution in [0.2, 0.25) is 0 Å². The first-order valence-electron chi connectivity index (χ1n) is 14.4. The summed E-state index contributed by atoms with van der Waals surface area (Å²) in [5.74, 6) is 2.76. The number of nitrogens with zero attached hydrogens (tertiary/aromatic N) is 2. The lowest BCUT2D eigenvalue weighted by molar-refractivity contribution is 0.270. The van der Waals surface area contributed by atoms with Crippen LogP contribution in [0, 0.1) is 6.92 Å². The number of rotatable bonds is 14. The number of ether oxygens (including phenoxy) is 7. The predicted octanol–water partition coefficient (Wildman–Crippen LogP) is 6.38. The SMILES string of the molecule is COc1cc(OC)c2c(=O)c(OCCCCCOc3nc4ccccc4nc3C)c(-c3cc(OC)c(OC)c(OC)c3)oc2c1. The second-order valence-electron chi connectivity index (χ2n) is 10.1. The van der Waals surface area contributed by atoms with Gasteiger partial charge in [0.15, 0.2) is 17.3 Å². The highest BCUT2D eigenvalue weighted by molar-refractivity contribution is 5.89. The van der Waals surface area contributed by atoms with Crippen LogP contribution in [0.4, 0.5) is 0 Å². The highest BCUT2D eigenvalue weighted by Crippen LogP contribution is 2.44. The van der Waals surface area contributed by atoms with Crippen molar-refractivity contribution < 1.29 is 37.6 Å². The minimum Gasteiger partial charge on any atom is -0.496 e. The first-order valence-corrected chi connectivity index (χ1v) is 14.4. The van der Waals surface area contributed by atoms with E-state index in [9.17, 15) is 4.79 Å². The number of aryl methyl sites for hydroxylation is 1. The summed E-state index contributed by atoms with van der Waals surface area (Å²) in [7, 11) is 7.56. The van der Waals surface area contributed by atoms with Gasteiger partial charge in [0, 0.05) is 17.7 Å². The average molecular weight is 617 g/mol. The van der Waals surface area contributed by atoms with Crippen LogP contribution < -0.4 is 38.6 Å². The monoisotopic (exact) mass is 616 g/mol. The molecule has 0 amide bonds. The van der Waals surface area contributed by atoms with Crippen molar-refractivity contribution in [3.05, 3.63) is 64.4 Å². The van der Waals surface area contributed by atoms with Crippen molar-refractivity contribution in [3.63, 3.8) is 0 Å². The van der Waals surface area contributed by atoms with Gasteiger partial charge in [0.2, 0.25) is 22.8 Å². The molecular weight excluding hydrogens is 580 g/mol. The number of para-hydroxylation sites is 2. The van der Waals surface area contributed by atoms with Crippen LogP contribution in [0.1, 0.15) is 25.0 Å². The number of hydrogen-bond acceptors (Lipinski definition) is 11. The summed E-state index contributed by atoms with van der Waals surface area (Å²) in [6, 6.07) is 14.4. The minimum atomic E-state index is -0.381. The smallest absolute Gasteiger partial charge is 0.239 e. The van der Waals surface area contributed by atoms with E-state index >= 15 is 0 Å². The van der Waals surface area contributed by atoms with Gasteiger partial charge in [-0.05, 0) is 50.5 Å². The van der Waals surface area contributed by atoms with Gasteiger partial charge in [0.1, 0.15) is 28.2 Å². The number of unbranched alkanes of at least 4 members (excludes halogenated alkanes) is 2. The Bertz CT molecular complexity index is 1840. The Hall–Kier alpha value is -5.19. The maximum Gasteiger partial charge on any atom is 0.239 e. The molecule has 0 radical (unpaired) electrons. The third-order valence-corrected chi connectivity index (χ3v) is 7.25. The van der Waals surface area contributed by atoms with Crippen LogP contribution in [-0.2, 0) is 0 Å². The van der Waals surface area contributed by atoms with E-state index in [1.54, 1.807) is 24.3 Å². The van der Waals surface area contributed by atoms with Gasteiger partial charge >= 0.3 is 0 Å². The van der Waals surface area contributed by atoms with Crippen molar-refractivity contribution in [2.75, 3.05) is 48.8 Å². The van der Waals surface area contributed by atoms with Crippen molar-refractivity contribution in [3.8, 4) is 51.7 Å². The Labute approximate surface area is 260 Å². The van der Waals surface area contributed by atoms with Gasteiger partial charge < -0.3 is 37.6 Å². The number of methoxy groups -OCH3 is 5. The molecule has 236 valence electrons. The van der Waals surface area contributed by atoms with Crippen LogP contribution in [-0.4, -0.2) is 58.7 Å². The Morgan fingerprint density at radius 1 is 0.689 bits per heavy atom. The zero-order valence-electron chi connectivity index (χ0n) is 26.2. The molecule has 2 heterocycles. The van der Waals surface area contributed by atoms with Crippen LogP contribution in [0.25, 0.3) is 33.3 Å². The molecule has 0 bridgehead atoms. The van der Waals surface area contributed by atoms with Gasteiger partial charge in [-0.15, -0.1) is 0 Å². The summed E-state index contributed by atoms with van der Waals surface area (Å²) in [4.78, 5) is 23.1. The van der Waals surface area contributed by atoms with E-state index in [0.29, 0.717) is 53.2 Å². The van der Waals surface area contributed by atoms with Crippen LogP contribution in [0.3, 0.4) is 0 Å².